The molecule has 0 saturated heterocycles. The van der Waals surface area contributed by atoms with Gasteiger partial charge >= 0.3 is 0 Å². The van der Waals surface area contributed by atoms with Crippen molar-refractivity contribution in [2.75, 3.05) is 5.32 Å². The Balaban J connectivity index is 1.47. The Morgan fingerprint density at radius 3 is 2.93 bits per heavy atom. The average Bonchev–Trinajstić information content (AvgIpc) is 3.44. The van der Waals surface area contributed by atoms with Gasteiger partial charge in [0.15, 0.2) is 5.65 Å². The van der Waals surface area contributed by atoms with Gasteiger partial charge in [-0.2, -0.15) is 9.61 Å². The number of carbonyl (C=O) groups excluding carboxylic acids is 1. The van der Waals surface area contributed by atoms with Gasteiger partial charge in [-0.25, -0.2) is 9.97 Å². The molecule has 5 aromatic heterocycles. The fraction of sp³-hybridized carbons (Fsp3) is 0.0556. The maximum absolute atomic E-state index is 13.0. The van der Waals surface area contributed by atoms with Crippen molar-refractivity contribution < 1.29 is 4.79 Å². The number of anilines is 1. The molecule has 0 fully saturated rings. The molecule has 28 heavy (non-hydrogen) atoms. The van der Waals surface area contributed by atoms with Crippen LogP contribution in [0.25, 0.3) is 26.3 Å². The molecule has 1 amide bonds. The summed E-state index contributed by atoms with van der Waals surface area (Å²) in [5, 5.41) is 11.3. The van der Waals surface area contributed by atoms with E-state index in [0.717, 1.165) is 10.4 Å². The molecule has 0 aliphatic carbocycles. The maximum atomic E-state index is 13.0. The van der Waals surface area contributed by atoms with E-state index in [4.69, 9.17) is 0 Å². The number of thiophene rings is 2. The number of aromatic nitrogens is 5. The lowest BCUT2D eigenvalue weighted by atomic mass is 10.2. The van der Waals surface area contributed by atoms with E-state index in [2.05, 4.69) is 20.4 Å². The largest absolute Gasteiger partial charge is 0.309 e. The minimum absolute atomic E-state index is 0.146. The zero-order chi connectivity index (χ0) is 19.1. The monoisotopic (exact) mass is 408 g/mol. The van der Waals surface area contributed by atoms with Crippen LogP contribution < -0.4 is 10.9 Å². The van der Waals surface area contributed by atoms with Gasteiger partial charge in [0, 0.05) is 28.1 Å². The third-order valence-electron chi connectivity index (χ3n) is 4.22. The molecule has 8 nitrogen and oxygen atoms in total. The average molecular weight is 408 g/mol. The highest BCUT2D eigenvalue weighted by Gasteiger charge is 2.15. The first kappa shape index (κ1) is 16.8. The molecule has 0 aliphatic rings. The topological polar surface area (TPSA) is 94.2 Å². The third kappa shape index (κ3) is 2.79. The molecule has 0 aromatic carbocycles. The van der Waals surface area contributed by atoms with Crippen molar-refractivity contribution in [2.24, 2.45) is 0 Å². The van der Waals surface area contributed by atoms with Crippen LogP contribution in [0.4, 0.5) is 5.82 Å². The van der Waals surface area contributed by atoms with Crippen molar-refractivity contribution in [3.8, 4) is 10.4 Å². The van der Waals surface area contributed by atoms with Crippen molar-refractivity contribution >= 4 is 50.3 Å². The van der Waals surface area contributed by atoms with Crippen LogP contribution in [0, 0.1) is 0 Å². The first-order valence-corrected chi connectivity index (χ1v) is 10.1. The second-order valence-corrected chi connectivity index (χ2v) is 7.77. The summed E-state index contributed by atoms with van der Waals surface area (Å²) in [6, 6.07) is 7.29. The summed E-state index contributed by atoms with van der Waals surface area (Å²) in [5.41, 5.74) is 1.25. The molecule has 0 unspecified atom stereocenters. The third-order valence-corrected chi connectivity index (χ3v) is 6.01. The normalized spacial score (nSPS) is 11.3. The number of hydrogen-bond donors (Lipinski definition) is 1. The summed E-state index contributed by atoms with van der Waals surface area (Å²) in [6.07, 6.45) is 4.60. The van der Waals surface area contributed by atoms with Gasteiger partial charge in [-0.05, 0) is 17.5 Å². The van der Waals surface area contributed by atoms with Crippen LogP contribution in [0.3, 0.4) is 0 Å². The van der Waals surface area contributed by atoms with Crippen LogP contribution >= 0.6 is 22.7 Å². The standard InChI is InChI=1S/C18H12N6O2S2/c25-15(22-14-3-5-19-13-4-6-21-24(13)14)8-23-10-20-17-16(18(23)26)11(9-28-17)12-2-1-7-27-12/h1-7,9-10H,8H2,(H,22,25). The van der Waals surface area contributed by atoms with E-state index in [9.17, 15) is 9.59 Å². The van der Waals surface area contributed by atoms with E-state index < -0.39 is 0 Å². The summed E-state index contributed by atoms with van der Waals surface area (Å²) in [6.45, 7) is -0.146. The van der Waals surface area contributed by atoms with Gasteiger partial charge in [0.25, 0.3) is 5.56 Å². The summed E-state index contributed by atoms with van der Waals surface area (Å²) < 4.78 is 2.85. The van der Waals surface area contributed by atoms with Crippen molar-refractivity contribution in [2.45, 2.75) is 6.54 Å². The van der Waals surface area contributed by atoms with E-state index in [-0.39, 0.29) is 18.0 Å². The first-order chi connectivity index (χ1) is 13.7. The number of hydrogen-bond acceptors (Lipinski definition) is 7. The van der Waals surface area contributed by atoms with Crippen molar-refractivity contribution in [3.63, 3.8) is 0 Å². The Hall–Kier alpha value is -3.37. The molecule has 0 saturated carbocycles. The van der Waals surface area contributed by atoms with E-state index in [0.29, 0.717) is 21.7 Å². The van der Waals surface area contributed by atoms with Crippen LogP contribution in [0.2, 0.25) is 0 Å². The lowest BCUT2D eigenvalue weighted by Crippen LogP contribution is -2.28. The fourth-order valence-electron chi connectivity index (χ4n) is 2.96. The summed E-state index contributed by atoms with van der Waals surface area (Å²) in [5.74, 6) is 0.135. The van der Waals surface area contributed by atoms with Crippen LogP contribution in [0.15, 0.2) is 58.5 Å². The Morgan fingerprint density at radius 1 is 1.14 bits per heavy atom. The number of nitrogens with zero attached hydrogens (tertiary/aromatic N) is 5. The molecular weight excluding hydrogens is 396 g/mol. The number of fused-ring (bicyclic) bond motifs is 2. The van der Waals surface area contributed by atoms with Gasteiger partial charge in [-0.3, -0.25) is 14.2 Å². The second-order valence-electron chi connectivity index (χ2n) is 5.96. The summed E-state index contributed by atoms with van der Waals surface area (Å²) >= 11 is 2.99. The molecule has 0 bridgehead atoms. The van der Waals surface area contributed by atoms with Crippen LogP contribution in [-0.2, 0) is 11.3 Å². The zero-order valence-electron chi connectivity index (χ0n) is 14.3. The predicted molar refractivity (Wildman–Crippen MR) is 109 cm³/mol. The first-order valence-electron chi connectivity index (χ1n) is 8.30. The van der Waals surface area contributed by atoms with Gasteiger partial charge in [-0.1, -0.05) is 6.07 Å². The Morgan fingerprint density at radius 2 is 2.07 bits per heavy atom. The zero-order valence-corrected chi connectivity index (χ0v) is 15.9. The van der Waals surface area contributed by atoms with Crippen LogP contribution in [0.1, 0.15) is 0 Å². The quantitative estimate of drug-likeness (QED) is 0.493. The highest BCUT2D eigenvalue weighted by Crippen LogP contribution is 2.33. The minimum atomic E-state index is -0.348. The predicted octanol–water partition coefficient (Wildman–Crippen LogP) is 2.87. The molecule has 1 N–H and O–H groups in total. The van der Waals surface area contributed by atoms with Gasteiger partial charge < -0.3 is 5.32 Å². The number of carbonyl (C=O) groups is 1. The summed E-state index contributed by atoms with van der Waals surface area (Å²) in [4.78, 5) is 35.7. The van der Waals surface area contributed by atoms with E-state index >= 15 is 0 Å². The van der Waals surface area contributed by atoms with Crippen molar-refractivity contribution in [1.82, 2.24) is 24.1 Å². The fourth-order valence-corrected chi connectivity index (χ4v) is 4.68. The molecular formula is C18H12N6O2S2. The number of rotatable bonds is 4. The van der Waals surface area contributed by atoms with Crippen molar-refractivity contribution in [3.05, 3.63) is 64.1 Å². The van der Waals surface area contributed by atoms with Gasteiger partial charge in [0.05, 0.1) is 17.9 Å². The molecule has 0 radical (unpaired) electrons. The molecule has 10 heteroatoms. The van der Waals surface area contributed by atoms with Gasteiger partial charge in [0.2, 0.25) is 5.91 Å². The molecule has 5 aromatic rings. The lowest BCUT2D eigenvalue weighted by molar-refractivity contribution is -0.116. The van der Waals surface area contributed by atoms with Crippen LogP contribution in [0.5, 0.6) is 0 Å². The minimum Gasteiger partial charge on any atom is -0.309 e. The molecule has 5 heterocycles. The number of amides is 1. The smallest absolute Gasteiger partial charge is 0.263 e. The van der Waals surface area contributed by atoms with Gasteiger partial charge in [-0.15, -0.1) is 22.7 Å². The second kappa shape index (κ2) is 6.66. The van der Waals surface area contributed by atoms with E-state index in [1.807, 2.05) is 22.9 Å². The van der Waals surface area contributed by atoms with E-state index in [1.54, 1.807) is 35.9 Å². The molecule has 5 rings (SSSR count). The summed E-state index contributed by atoms with van der Waals surface area (Å²) in [7, 11) is 0. The number of nitrogens with one attached hydrogen (secondary N) is 1. The highest BCUT2D eigenvalue weighted by molar-refractivity contribution is 7.18. The molecule has 0 aliphatic heterocycles. The van der Waals surface area contributed by atoms with Crippen molar-refractivity contribution in [1.29, 1.82) is 0 Å². The Labute approximate surface area is 165 Å². The highest BCUT2D eigenvalue weighted by atomic mass is 32.1. The molecule has 138 valence electrons. The maximum Gasteiger partial charge on any atom is 0.263 e. The van der Waals surface area contributed by atoms with Crippen LogP contribution in [-0.4, -0.2) is 30.1 Å². The molecule has 0 spiro atoms. The van der Waals surface area contributed by atoms with Gasteiger partial charge in [0.1, 0.15) is 17.2 Å². The lowest BCUT2D eigenvalue weighted by Gasteiger charge is -2.08. The van der Waals surface area contributed by atoms with E-state index in [1.165, 1.54) is 26.7 Å². The molecule has 0 atom stereocenters. The Kier molecular flexibility index (Phi) is 3.99. The Bertz CT molecular complexity index is 1370. The SMILES string of the molecule is O=C(Cn1cnc2scc(-c3cccs3)c2c1=O)Nc1ccnc2ccnn12.